The van der Waals surface area contributed by atoms with Crippen molar-refractivity contribution >= 4 is 22.6 Å². The van der Waals surface area contributed by atoms with Crippen molar-refractivity contribution in [3.63, 3.8) is 0 Å². The van der Waals surface area contributed by atoms with Crippen LogP contribution in [0.5, 0.6) is 11.5 Å². The molecule has 0 aliphatic heterocycles. The molecule has 4 nitrogen and oxygen atoms in total. The molecule has 4 aromatic rings. The van der Waals surface area contributed by atoms with Gasteiger partial charge in [0.2, 0.25) is 11.2 Å². The largest absolute Gasteiger partial charge is 0.497 e. The van der Waals surface area contributed by atoms with Crippen LogP contribution in [0, 0.1) is 12.7 Å². The Labute approximate surface area is 177 Å². The SMILES string of the molecule is COc1ccc(-c2oc3ccc(C)cc3c(=O)c2OCc2c(F)cccc2Cl)cc1. The van der Waals surface area contributed by atoms with E-state index in [-0.39, 0.29) is 34.1 Å². The lowest BCUT2D eigenvalue weighted by molar-refractivity contribution is 0.292. The number of fused-ring (bicyclic) bond motifs is 1. The summed E-state index contributed by atoms with van der Waals surface area (Å²) in [5, 5.41) is 0.615. The highest BCUT2D eigenvalue weighted by Gasteiger charge is 2.19. The van der Waals surface area contributed by atoms with Crippen molar-refractivity contribution in [3.05, 3.63) is 92.9 Å². The Kier molecular flexibility index (Phi) is 5.46. The van der Waals surface area contributed by atoms with Gasteiger partial charge in [-0.1, -0.05) is 29.3 Å². The molecule has 0 fully saturated rings. The van der Waals surface area contributed by atoms with Crippen LogP contribution in [-0.4, -0.2) is 7.11 Å². The lowest BCUT2D eigenvalue weighted by Crippen LogP contribution is -2.11. The van der Waals surface area contributed by atoms with Crippen molar-refractivity contribution in [1.82, 2.24) is 0 Å². The molecule has 0 saturated carbocycles. The van der Waals surface area contributed by atoms with Crippen LogP contribution in [0.3, 0.4) is 0 Å². The van der Waals surface area contributed by atoms with E-state index < -0.39 is 5.82 Å². The first-order valence-corrected chi connectivity index (χ1v) is 9.63. The van der Waals surface area contributed by atoms with E-state index >= 15 is 0 Å². The molecule has 0 aliphatic rings. The van der Waals surface area contributed by atoms with Gasteiger partial charge in [0, 0.05) is 11.1 Å². The molecular formula is C24H18ClFO4. The maximum absolute atomic E-state index is 14.2. The lowest BCUT2D eigenvalue weighted by Gasteiger charge is -2.13. The zero-order valence-electron chi connectivity index (χ0n) is 16.4. The van der Waals surface area contributed by atoms with Crippen molar-refractivity contribution in [2.24, 2.45) is 0 Å². The second-order valence-electron chi connectivity index (χ2n) is 6.81. The second-order valence-corrected chi connectivity index (χ2v) is 7.21. The van der Waals surface area contributed by atoms with Gasteiger partial charge in [-0.25, -0.2) is 4.39 Å². The van der Waals surface area contributed by atoms with Gasteiger partial charge in [0.05, 0.1) is 17.5 Å². The zero-order chi connectivity index (χ0) is 21.3. The summed E-state index contributed by atoms with van der Waals surface area (Å²) in [4.78, 5) is 13.3. The van der Waals surface area contributed by atoms with Crippen LogP contribution in [0.15, 0.2) is 69.9 Å². The Morgan fingerprint density at radius 2 is 1.83 bits per heavy atom. The van der Waals surface area contributed by atoms with Crippen molar-refractivity contribution in [1.29, 1.82) is 0 Å². The molecule has 0 amide bonds. The zero-order valence-corrected chi connectivity index (χ0v) is 17.1. The van der Waals surface area contributed by atoms with Crippen molar-refractivity contribution in [2.45, 2.75) is 13.5 Å². The highest BCUT2D eigenvalue weighted by molar-refractivity contribution is 6.31. The monoisotopic (exact) mass is 424 g/mol. The second kappa shape index (κ2) is 8.20. The average Bonchev–Trinajstić information content (AvgIpc) is 2.75. The summed E-state index contributed by atoms with van der Waals surface area (Å²) in [6.07, 6.45) is 0. The summed E-state index contributed by atoms with van der Waals surface area (Å²) in [5.74, 6) is 0.414. The fraction of sp³-hybridized carbons (Fsp3) is 0.125. The van der Waals surface area contributed by atoms with Gasteiger partial charge in [0.25, 0.3) is 0 Å². The van der Waals surface area contributed by atoms with E-state index in [2.05, 4.69) is 0 Å². The number of hydrogen-bond acceptors (Lipinski definition) is 4. The first-order valence-electron chi connectivity index (χ1n) is 9.25. The Hall–Kier alpha value is -3.31. The third-order valence-electron chi connectivity index (χ3n) is 4.78. The Balaban J connectivity index is 1.86. The minimum absolute atomic E-state index is 0.00223. The Bertz CT molecular complexity index is 1260. The van der Waals surface area contributed by atoms with Gasteiger partial charge in [0.15, 0.2) is 5.76 Å². The smallest absolute Gasteiger partial charge is 0.235 e. The summed E-state index contributed by atoms with van der Waals surface area (Å²) in [7, 11) is 1.57. The van der Waals surface area contributed by atoms with Crippen LogP contribution in [0.4, 0.5) is 4.39 Å². The molecular weight excluding hydrogens is 407 g/mol. The summed E-state index contributed by atoms with van der Waals surface area (Å²) >= 11 is 6.11. The number of aryl methyl sites for hydroxylation is 1. The van der Waals surface area contributed by atoms with Crippen LogP contribution in [0.25, 0.3) is 22.3 Å². The molecule has 0 aliphatic carbocycles. The highest BCUT2D eigenvalue weighted by atomic mass is 35.5. The van der Waals surface area contributed by atoms with Crippen molar-refractivity contribution in [3.8, 4) is 22.8 Å². The first kappa shape index (κ1) is 20.0. The Morgan fingerprint density at radius 3 is 2.53 bits per heavy atom. The van der Waals surface area contributed by atoms with Gasteiger partial charge in [-0.05, 0) is 55.5 Å². The van der Waals surface area contributed by atoms with Gasteiger partial charge in [0.1, 0.15) is 23.8 Å². The van der Waals surface area contributed by atoms with Gasteiger partial charge < -0.3 is 13.9 Å². The standard InChI is InChI=1S/C24H18ClFO4/c1-14-6-11-21-17(12-14)22(27)24(29-13-18-19(25)4-3-5-20(18)26)23(30-21)15-7-9-16(28-2)10-8-15/h3-12H,13H2,1-2H3. The minimum Gasteiger partial charge on any atom is -0.497 e. The third kappa shape index (κ3) is 3.76. The quantitative estimate of drug-likeness (QED) is 0.385. The van der Waals surface area contributed by atoms with E-state index in [4.69, 9.17) is 25.5 Å². The summed E-state index contributed by atoms with van der Waals surface area (Å²) < 4.78 is 31.2. The normalized spacial score (nSPS) is 10.9. The minimum atomic E-state index is -0.505. The number of benzene rings is 3. The van der Waals surface area contributed by atoms with E-state index in [1.54, 1.807) is 49.6 Å². The predicted octanol–water partition coefficient (Wildman–Crippen LogP) is 6.15. The molecule has 3 aromatic carbocycles. The summed E-state index contributed by atoms with van der Waals surface area (Å²) in [6, 6.07) is 16.8. The molecule has 30 heavy (non-hydrogen) atoms. The van der Waals surface area contributed by atoms with Crippen LogP contribution in [0.2, 0.25) is 5.02 Å². The van der Waals surface area contributed by atoms with E-state index in [9.17, 15) is 9.18 Å². The molecule has 0 saturated heterocycles. The lowest BCUT2D eigenvalue weighted by atomic mass is 10.1. The third-order valence-corrected chi connectivity index (χ3v) is 5.13. The molecule has 0 atom stereocenters. The average molecular weight is 425 g/mol. The van der Waals surface area contributed by atoms with Crippen molar-refractivity contribution in [2.75, 3.05) is 7.11 Å². The Morgan fingerprint density at radius 1 is 1.07 bits per heavy atom. The number of halogens is 2. The molecule has 0 spiro atoms. The van der Waals surface area contributed by atoms with Gasteiger partial charge in [-0.15, -0.1) is 0 Å². The first-order chi connectivity index (χ1) is 14.5. The van der Waals surface area contributed by atoms with Crippen LogP contribution in [-0.2, 0) is 6.61 Å². The highest BCUT2D eigenvalue weighted by Crippen LogP contribution is 2.33. The van der Waals surface area contributed by atoms with E-state index in [1.807, 2.05) is 13.0 Å². The molecule has 0 radical (unpaired) electrons. The summed E-state index contributed by atoms with van der Waals surface area (Å²) in [6.45, 7) is 1.67. The number of methoxy groups -OCH3 is 1. The van der Waals surface area contributed by atoms with E-state index in [0.717, 1.165) is 5.56 Å². The molecule has 1 aromatic heterocycles. The number of ether oxygens (including phenoxy) is 2. The molecule has 152 valence electrons. The molecule has 6 heteroatoms. The molecule has 0 bridgehead atoms. The maximum Gasteiger partial charge on any atom is 0.235 e. The van der Waals surface area contributed by atoms with Gasteiger partial charge >= 0.3 is 0 Å². The topological polar surface area (TPSA) is 48.7 Å². The predicted molar refractivity (Wildman–Crippen MR) is 115 cm³/mol. The number of rotatable bonds is 5. The maximum atomic E-state index is 14.2. The van der Waals surface area contributed by atoms with Crippen LogP contribution < -0.4 is 14.9 Å². The summed E-state index contributed by atoms with van der Waals surface area (Å²) in [5.41, 5.74) is 1.81. The van der Waals surface area contributed by atoms with Crippen LogP contribution >= 0.6 is 11.6 Å². The molecule has 1 heterocycles. The van der Waals surface area contributed by atoms with Crippen molar-refractivity contribution < 1.29 is 18.3 Å². The fourth-order valence-corrected chi connectivity index (χ4v) is 3.39. The number of hydrogen-bond donors (Lipinski definition) is 0. The van der Waals surface area contributed by atoms with E-state index in [1.165, 1.54) is 12.1 Å². The van der Waals surface area contributed by atoms with E-state index in [0.29, 0.717) is 22.3 Å². The molecule has 4 rings (SSSR count). The molecule has 0 N–H and O–H groups in total. The van der Waals surface area contributed by atoms with Crippen LogP contribution in [0.1, 0.15) is 11.1 Å². The molecule has 0 unspecified atom stereocenters. The van der Waals surface area contributed by atoms with Gasteiger partial charge in [-0.2, -0.15) is 0 Å². The van der Waals surface area contributed by atoms with Gasteiger partial charge in [-0.3, -0.25) is 4.79 Å². The fourth-order valence-electron chi connectivity index (χ4n) is 3.17.